The van der Waals surface area contributed by atoms with Gasteiger partial charge in [0.25, 0.3) is 0 Å². The molecule has 2 aromatic rings. The number of halogens is 1. The van der Waals surface area contributed by atoms with Gasteiger partial charge in [0.05, 0.1) is 11.2 Å². The topological polar surface area (TPSA) is 20.3 Å². The van der Waals surface area contributed by atoms with Crippen molar-refractivity contribution in [3.8, 4) is 0 Å². The molecule has 0 radical (unpaired) electrons. The molecular formula is C16H14ClNO. The van der Waals surface area contributed by atoms with Gasteiger partial charge in [-0.25, -0.2) is 0 Å². The molecule has 96 valence electrons. The summed E-state index contributed by atoms with van der Waals surface area (Å²) < 4.78 is 0. The molecule has 0 aliphatic carbocycles. The Hall–Kier alpha value is -1.80. The van der Waals surface area contributed by atoms with E-state index in [2.05, 4.69) is 6.92 Å². The molecule has 1 heterocycles. The minimum Gasteiger partial charge on any atom is -0.298 e. The minimum atomic E-state index is -0.423. The van der Waals surface area contributed by atoms with E-state index in [9.17, 15) is 4.79 Å². The van der Waals surface area contributed by atoms with Crippen LogP contribution in [0.2, 0.25) is 5.02 Å². The number of carbonyl (C=O) groups is 1. The van der Waals surface area contributed by atoms with Crippen LogP contribution < -0.4 is 4.90 Å². The normalized spacial score (nSPS) is 20.7. The molecule has 0 saturated carbocycles. The lowest BCUT2D eigenvalue weighted by molar-refractivity contribution is -0.118. The molecule has 0 saturated heterocycles. The zero-order valence-electron chi connectivity index (χ0n) is 10.9. The van der Waals surface area contributed by atoms with E-state index >= 15 is 0 Å². The van der Waals surface area contributed by atoms with Crippen LogP contribution in [0.4, 0.5) is 5.69 Å². The Morgan fingerprint density at radius 1 is 1.16 bits per heavy atom. The van der Waals surface area contributed by atoms with Gasteiger partial charge in [0, 0.05) is 17.5 Å². The molecule has 0 bridgehead atoms. The molecule has 0 fully saturated rings. The Bertz CT molecular complexity index is 653. The number of nitrogens with zero attached hydrogens (tertiary/aromatic N) is 1. The Balaban J connectivity index is 2.22. The molecule has 0 unspecified atom stereocenters. The van der Waals surface area contributed by atoms with Gasteiger partial charge in [-0.05, 0) is 30.7 Å². The molecule has 0 spiro atoms. The van der Waals surface area contributed by atoms with Gasteiger partial charge in [-0.3, -0.25) is 9.69 Å². The van der Waals surface area contributed by atoms with Crippen LogP contribution in [0, 0.1) is 0 Å². The minimum absolute atomic E-state index is 0.0428. The third kappa shape index (κ3) is 1.60. The van der Waals surface area contributed by atoms with Gasteiger partial charge in [0.1, 0.15) is 0 Å². The highest BCUT2D eigenvalue weighted by molar-refractivity contribution is 6.31. The lowest BCUT2D eigenvalue weighted by Gasteiger charge is -2.52. The van der Waals surface area contributed by atoms with Crippen molar-refractivity contribution >= 4 is 23.2 Å². The maximum Gasteiger partial charge on any atom is 0.224 e. The maximum atomic E-state index is 12.0. The fourth-order valence-corrected chi connectivity index (χ4v) is 3.11. The standard InChI is InChI=1S/C16H14ClNO/c1-11(19)18-15-9-8-13(17)10-14(15)16(18,2)12-6-4-3-5-7-12/h3-10H,1-2H3/t16-/m0/s1. The highest BCUT2D eigenvalue weighted by Crippen LogP contribution is 2.52. The van der Waals surface area contributed by atoms with E-state index in [4.69, 9.17) is 11.6 Å². The van der Waals surface area contributed by atoms with Crippen LogP contribution in [0.5, 0.6) is 0 Å². The van der Waals surface area contributed by atoms with Crippen LogP contribution in [-0.2, 0) is 10.3 Å². The van der Waals surface area contributed by atoms with Crippen molar-refractivity contribution in [3.05, 3.63) is 64.7 Å². The Morgan fingerprint density at radius 3 is 2.47 bits per heavy atom. The average Bonchev–Trinajstić information content (AvgIpc) is 2.40. The van der Waals surface area contributed by atoms with Crippen molar-refractivity contribution in [2.45, 2.75) is 19.4 Å². The van der Waals surface area contributed by atoms with E-state index in [-0.39, 0.29) is 5.91 Å². The summed E-state index contributed by atoms with van der Waals surface area (Å²) in [4.78, 5) is 13.8. The van der Waals surface area contributed by atoms with Crippen LogP contribution in [0.15, 0.2) is 48.5 Å². The summed E-state index contributed by atoms with van der Waals surface area (Å²) >= 11 is 6.09. The molecule has 1 atom stereocenters. The van der Waals surface area contributed by atoms with Gasteiger partial charge in [-0.1, -0.05) is 41.9 Å². The van der Waals surface area contributed by atoms with Crippen molar-refractivity contribution in [1.29, 1.82) is 0 Å². The van der Waals surface area contributed by atoms with Crippen molar-refractivity contribution in [1.82, 2.24) is 0 Å². The molecule has 2 aromatic carbocycles. The summed E-state index contributed by atoms with van der Waals surface area (Å²) in [6, 6.07) is 15.7. The number of fused-ring (bicyclic) bond motifs is 1. The number of carbonyl (C=O) groups excluding carboxylic acids is 1. The number of hydrogen-bond acceptors (Lipinski definition) is 1. The lowest BCUT2D eigenvalue weighted by atomic mass is 9.75. The molecular weight excluding hydrogens is 258 g/mol. The van der Waals surface area contributed by atoms with E-state index < -0.39 is 5.54 Å². The first-order chi connectivity index (χ1) is 9.05. The first kappa shape index (κ1) is 12.2. The van der Waals surface area contributed by atoms with Crippen molar-refractivity contribution in [2.24, 2.45) is 0 Å². The van der Waals surface area contributed by atoms with Crippen molar-refractivity contribution in [2.75, 3.05) is 4.90 Å². The van der Waals surface area contributed by atoms with E-state index in [1.807, 2.05) is 53.4 Å². The van der Waals surface area contributed by atoms with Gasteiger partial charge >= 0.3 is 0 Å². The molecule has 3 rings (SSSR count). The van der Waals surface area contributed by atoms with Crippen molar-refractivity contribution < 1.29 is 4.79 Å². The fourth-order valence-electron chi connectivity index (χ4n) is 2.93. The summed E-state index contributed by atoms with van der Waals surface area (Å²) in [5.41, 5.74) is 2.72. The van der Waals surface area contributed by atoms with Crippen LogP contribution in [0.1, 0.15) is 25.0 Å². The number of rotatable bonds is 1. The monoisotopic (exact) mass is 271 g/mol. The Morgan fingerprint density at radius 2 is 1.84 bits per heavy atom. The van der Waals surface area contributed by atoms with Gasteiger partial charge < -0.3 is 0 Å². The predicted octanol–water partition coefficient (Wildman–Crippen LogP) is 3.97. The quantitative estimate of drug-likeness (QED) is 0.768. The second-order valence-corrected chi connectivity index (χ2v) is 5.39. The first-order valence-electron chi connectivity index (χ1n) is 6.21. The summed E-state index contributed by atoms with van der Waals surface area (Å²) in [5.74, 6) is 0.0428. The van der Waals surface area contributed by atoms with E-state index in [0.29, 0.717) is 5.02 Å². The summed E-state index contributed by atoms with van der Waals surface area (Å²) in [6.45, 7) is 3.65. The lowest BCUT2D eigenvalue weighted by Crippen LogP contribution is -2.56. The first-order valence-corrected chi connectivity index (χ1v) is 6.59. The molecule has 0 N–H and O–H groups in total. The fraction of sp³-hybridized carbons (Fsp3) is 0.188. The SMILES string of the molecule is CC(=O)N1c2ccc(Cl)cc2[C@]1(C)c1ccccc1. The Labute approximate surface area is 117 Å². The summed E-state index contributed by atoms with van der Waals surface area (Å²) in [6.07, 6.45) is 0. The third-order valence-electron chi connectivity index (χ3n) is 3.82. The highest BCUT2D eigenvalue weighted by atomic mass is 35.5. The smallest absolute Gasteiger partial charge is 0.224 e. The molecule has 19 heavy (non-hydrogen) atoms. The van der Waals surface area contributed by atoms with Crippen molar-refractivity contribution in [3.63, 3.8) is 0 Å². The van der Waals surface area contributed by atoms with Gasteiger partial charge in [0.2, 0.25) is 5.91 Å². The molecule has 1 aliphatic heterocycles. The maximum absolute atomic E-state index is 12.0. The number of amides is 1. The zero-order valence-corrected chi connectivity index (χ0v) is 11.6. The van der Waals surface area contributed by atoms with E-state index in [1.54, 1.807) is 6.92 Å². The average molecular weight is 272 g/mol. The molecule has 1 amide bonds. The van der Waals surface area contributed by atoms with E-state index in [1.165, 1.54) is 0 Å². The van der Waals surface area contributed by atoms with Gasteiger partial charge in [0.15, 0.2) is 0 Å². The zero-order chi connectivity index (χ0) is 13.6. The number of benzene rings is 2. The van der Waals surface area contributed by atoms with Crippen LogP contribution in [0.25, 0.3) is 0 Å². The molecule has 0 aromatic heterocycles. The van der Waals surface area contributed by atoms with Gasteiger partial charge in [-0.15, -0.1) is 0 Å². The number of hydrogen-bond donors (Lipinski definition) is 0. The summed E-state index contributed by atoms with van der Waals surface area (Å²) in [7, 11) is 0. The van der Waals surface area contributed by atoms with Gasteiger partial charge in [-0.2, -0.15) is 0 Å². The van der Waals surface area contributed by atoms with Crippen LogP contribution >= 0.6 is 11.6 Å². The third-order valence-corrected chi connectivity index (χ3v) is 4.06. The second kappa shape index (κ2) is 4.10. The van der Waals surface area contributed by atoms with E-state index in [0.717, 1.165) is 16.8 Å². The second-order valence-electron chi connectivity index (χ2n) is 4.95. The Kier molecular flexibility index (Phi) is 2.64. The highest BCUT2D eigenvalue weighted by Gasteiger charge is 2.49. The molecule has 3 heteroatoms. The molecule has 2 nitrogen and oxygen atoms in total. The predicted molar refractivity (Wildman–Crippen MR) is 77.5 cm³/mol. The van der Waals surface area contributed by atoms with Crippen LogP contribution in [0.3, 0.4) is 0 Å². The number of anilines is 1. The molecule has 1 aliphatic rings. The summed E-state index contributed by atoms with van der Waals surface area (Å²) in [5, 5.41) is 0.698. The van der Waals surface area contributed by atoms with Crippen LogP contribution in [-0.4, -0.2) is 5.91 Å². The largest absolute Gasteiger partial charge is 0.298 e.